The zero-order chi connectivity index (χ0) is 10.4. The summed E-state index contributed by atoms with van der Waals surface area (Å²) < 4.78 is 0.573. The first-order valence-electron chi connectivity index (χ1n) is 3.62. The van der Waals surface area contributed by atoms with Crippen LogP contribution in [0.2, 0.25) is 5.02 Å². The van der Waals surface area contributed by atoms with E-state index in [4.69, 9.17) is 23.2 Å². The molecule has 0 atom stereocenters. The Balaban J connectivity index is 0.000000671. The van der Waals surface area contributed by atoms with Crippen molar-refractivity contribution in [1.29, 1.82) is 0 Å². The van der Waals surface area contributed by atoms with E-state index in [1.54, 1.807) is 0 Å². The monoisotopic (exact) mass is 283 g/mol. The SMILES string of the molecule is CC.O=C(Cl)c1cnc(Br)cc1Cl. The highest BCUT2D eigenvalue weighted by Gasteiger charge is 2.07. The molecule has 1 aromatic heterocycles. The molecule has 5 heteroatoms. The van der Waals surface area contributed by atoms with Crippen LogP contribution in [0.25, 0.3) is 0 Å². The lowest BCUT2D eigenvalue weighted by Gasteiger charge is -1.96. The van der Waals surface area contributed by atoms with Gasteiger partial charge in [-0.2, -0.15) is 0 Å². The summed E-state index contributed by atoms with van der Waals surface area (Å²) in [5, 5.41) is -0.304. The van der Waals surface area contributed by atoms with E-state index in [-0.39, 0.29) is 5.56 Å². The number of pyridine rings is 1. The van der Waals surface area contributed by atoms with Crippen LogP contribution < -0.4 is 0 Å². The molecule has 0 aliphatic heterocycles. The quantitative estimate of drug-likeness (QED) is 0.578. The molecule has 0 aliphatic rings. The second-order valence-corrected chi connectivity index (χ2v) is 3.32. The van der Waals surface area contributed by atoms with Gasteiger partial charge in [0.15, 0.2) is 0 Å². The van der Waals surface area contributed by atoms with E-state index >= 15 is 0 Å². The summed E-state index contributed by atoms with van der Waals surface area (Å²) in [7, 11) is 0. The Morgan fingerprint density at radius 1 is 1.54 bits per heavy atom. The maximum atomic E-state index is 10.6. The number of hydrogen-bond donors (Lipinski definition) is 0. The van der Waals surface area contributed by atoms with Gasteiger partial charge in [-0.3, -0.25) is 4.79 Å². The van der Waals surface area contributed by atoms with Gasteiger partial charge in [-0.25, -0.2) is 4.98 Å². The summed E-state index contributed by atoms with van der Waals surface area (Å²) in [6.07, 6.45) is 1.32. The van der Waals surface area contributed by atoms with E-state index in [2.05, 4.69) is 20.9 Å². The van der Waals surface area contributed by atoms with Gasteiger partial charge in [-0.1, -0.05) is 25.4 Å². The first kappa shape index (κ1) is 12.9. The maximum absolute atomic E-state index is 10.6. The summed E-state index contributed by atoms with van der Waals surface area (Å²) in [5.74, 6) is 0. The van der Waals surface area contributed by atoms with Crippen molar-refractivity contribution in [3.8, 4) is 0 Å². The Morgan fingerprint density at radius 2 is 2.08 bits per heavy atom. The average Bonchev–Trinajstić information content (AvgIpc) is 2.07. The average molecular weight is 285 g/mol. The molecule has 0 saturated heterocycles. The number of aromatic nitrogens is 1. The van der Waals surface area contributed by atoms with E-state index in [0.29, 0.717) is 9.63 Å². The highest BCUT2D eigenvalue weighted by Crippen LogP contribution is 2.19. The molecule has 0 fully saturated rings. The van der Waals surface area contributed by atoms with Gasteiger partial charge in [0.1, 0.15) is 4.60 Å². The van der Waals surface area contributed by atoms with Crippen molar-refractivity contribution in [2.45, 2.75) is 13.8 Å². The normalized spacial score (nSPS) is 8.69. The van der Waals surface area contributed by atoms with E-state index in [1.807, 2.05) is 13.8 Å². The number of halogens is 3. The van der Waals surface area contributed by atoms with Crippen LogP contribution in [0.15, 0.2) is 16.9 Å². The molecule has 13 heavy (non-hydrogen) atoms. The fourth-order valence-electron chi connectivity index (χ4n) is 0.552. The van der Waals surface area contributed by atoms with Crippen molar-refractivity contribution in [2.24, 2.45) is 0 Å². The minimum atomic E-state index is -0.602. The molecule has 1 heterocycles. The maximum Gasteiger partial charge on any atom is 0.255 e. The molecule has 0 amide bonds. The van der Waals surface area contributed by atoms with Gasteiger partial charge in [0.05, 0.1) is 10.6 Å². The predicted octanol–water partition coefficient (Wildman–Crippen LogP) is 3.90. The molecule has 0 spiro atoms. The van der Waals surface area contributed by atoms with Gasteiger partial charge >= 0.3 is 0 Å². The zero-order valence-corrected chi connectivity index (χ0v) is 10.2. The minimum absolute atomic E-state index is 0.219. The van der Waals surface area contributed by atoms with Crippen LogP contribution in [0.1, 0.15) is 24.2 Å². The minimum Gasteiger partial charge on any atom is -0.275 e. The van der Waals surface area contributed by atoms with Crippen molar-refractivity contribution in [1.82, 2.24) is 4.98 Å². The van der Waals surface area contributed by atoms with Crippen LogP contribution in [0, 0.1) is 0 Å². The van der Waals surface area contributed by atoms with Crippen LogP contribution in [0.3, 0.4) is 0 Å². The molecule has 0 aromatic carbocycles. The van der Waals surface area contributed by atoms with Gasteiger partial charge in [-0.05, 0) is 33.6 Å². The lowest BCUT2D eigenvalue weighted by molar-refractivity contribution is 0.108. The molecule has 0 radical (unpaired) electrons. The third kappa shape index (κ3) is 4.07. The van der Waals surface area contributed by atoms with Crippen LogP contribution >= 0.6 is 39.1 Å². The summed E-state index contributed by atoms with van der Waals surface area (Å²) in [6.45, 7) is 4.00. The Kier molecular flexibility index (Phi) is 6.29. The number of carbonyl (C=O) groups is 1. The molecule has 0 N–H and O–H groups in total. The predicted molar refractivity (Wildman–Crippen MR) is 58.5 cm³/mol. The third-order valence-electron chi connectivity index (χ3n) is 1.03. The van der Waals surface area contributed by atoms with Crippen molar-refractivity contribution in [3.63, 3.8) is 0 Å². The summed E-state index contributed by atoms with van der Waals surface area (Å²) in [5.41, 5.74) is 0.219. The Morgan fingerprint density at radius 3 is 2.46 bits per heavy atom. The highest BCUT2D eigenvalue weighted by molar-refractivity contribution is 9.10. The van der Waals surface area contributed by atoms with Gasteiger partial charge in [0.25, 0.3) is 5.24 Å². The summed E-state index contributed by atoms with van der Waals surface area (Å²) >= 11 is 13.9. The molecular weight excluding hydrogens is 277 g/mol. The second-order valence-electron chi connectivity index (χ2n) is 1.76. The van der Waals surface area contributed by atoms with Gasteiger partial charge < -0.3 is 0 Å². The fraction of sp³-hybridized carbons (Fsp3) is 0.250. The topological polar surface area (TPSA) is 30.0 Å². The first-order chi connectivity index (χ1) is 6.11. The Hall–Kier alpha value is -0.120. The smallest absolute Gasteiger partial charge is 0.255 e. The van der Waals surface area contributed by atoms with E-state index in [0.717, 1.165) is 0 Å². The number of rotatable bonds is 1. The lowest BCUT2D eigenvalue weighted by Crippen LogP contribution is -1.91. The second kappa shape index (κ2) is 6.35. The molecule has 1 aromatic rings. The number of hydrogen-bond acceptors (Lipinski definition) is 2. The molecule has 0 aliphatic carbocycles. The van der Waals surface area contributed by atoms with E-state index < -0.39 is 5.24 Å². The number of nitrogens with zero attached hydrogens (tertiary/aromatic N) is 1. The van der Waals surface area contributed by atoms with Gasteiger partial charge in [0.2, 0.25) is 0 Å². The van der Waals surface area contributed by atoms with Crippen molar-refractivity contribution in [3.05, 3.63) is 27.5 Å². The van der Waals surface area contributed by atoms with Crippen molar-refractivity contribution < 1.29 is 4.79 Å². The van der Waals surface area contributed by atoms with Gasteiger partial charge in [-0.15, -0.1) is 0 Å². The van der Waals surface area contributed by atoms with Gasteiger partial charge in [0, 0.05) is 6.20 Å². The lowest BCUT2D eigenvalue weighted by atomic mass is 10.3. The van der Waals surface area contributed by atoms with E-state index in [9.17, 15) is 4.79 Å². The van der Waals surface area contributed by atoms with Crippen molar-refractivity contribution >= 4 is 44.4 Å². The highest BCUT2D eigenvalue weighted by atomic mass is 79.9. The Bertz CT molecular complexity index is 304. The summed E-state index contributed by atoms with van der Waals surface area (Å²) in [6, 6.07) is 1.51. The third-order valence-corrected chi connectivity index (χ3v) is 1.98. The number of carbonyl (C=O) groups excluding carboxylic acids is 1. The Labute approximate surface area is 95.4 Å². The molecule has 1 rings (SSSR count). The standard InChI is InChI=1S/C6H2BrCl2NO.C2H6/c7-5-1-4(8)3(2-10-5)6(9)11;1-2/h1-2H;1-2H3. The van der Waals surface area contributed by atoms with E-state index in [1.165, 1.54) is 12.3 Å². The molecule has 2 nitrogen and oxygen atoms in total. The van der Waals surface area contributed by atoms with Crippen molar-refractivity contribution in [2.75, 3.05) is 0 Å². The van der Waals surface area contributed by atoms with Crippen LogP contribution in [-0.2, 0) is 0 Å². The molecule has 0 saturated carbocycles. The molecule has 72 valence electrons. The fourth-order valence-corrected chi connectivity index (χ4v) is 1.45. The van der Waals surface area contributed by atoms with Crippen LogP contribution in [0.5, 0.6) is 0 Å². The van der Waals surface area contributed by atoms with Crippen LogP contribution in [0.4, 0.5) is 0 Å². The first-order valence-corrected chi connectivity index (χ1v) is 5.17. The summed E-state index contributed by atoms with van der Waals surface area (Å²) in [4.78, 5) is 14.4. The van der Waals surface area contributed by atoms with Crippen LogP contribution in [-0.4, -0.2) is 10.2 Å². The molecule has 0 bridgehead atoms. The molecular formula is C8H8BrCl2NO. The molecule has 0 unspecified atom stereocenters. The largest absolute Gasteiger partial charge is 0.275 e. The zero-order valence-electron chi connectivity index (χ0n) is 7.14.